The van der Waals surface area contributed by atoms with Crippen LogP contribution >= 0.6 is 23.2 Å². The number of aliphatic imine (C=N–C) groups is 1. The van der Waals surface area contributed by atoms with Crippen molar-refractivity contribution in [3.63, 3.8) is 0 Å². The SMILES string of the molecule is CN(C)CC1CN(C)C(C(NC(=O)O)c2cc(Cl)cc(Cl)c2)=N1. The second kappa shape index (κ2) is 7.38. The minimum Gasteiger partial charge on any atom is -0.465 e. The summed E-state index contributed by atoms with van der Waals surface area (Å²) in [4.78, 5) is 19.9. The molecule has 0 saturated carbocycles. The van der Waals surface area contributed by atoms with E-state index in [1.54, 1.807) is 18.2 Å². The van der Waals surface area contributed by atoms with Gasteiger partial charge >= 0.3 is 6.09 Å². The fraction of sp³-hybridized carbons (Fsp3) is 0.467. The van der Waals surface area contributed by atoms with E-state index < -0.39 is 12.1 Å². The standard InChI is InChI=1S/C15H20Cl2N4O2/c1-20(2)7-12-8-21(3)14(18-12)13(19-15(22)23)9-4-10(16)6-11(17)5-9/h4-6,12-13,19H,7-8H2,1-3H3,(H,22,23). The van der Waals surface area contributed by atoms with Gasteiger partial charge in [0.15, 0.2) is 0 Å². The van der Waals surface area contributed by atoms with E-state index in [0.29, 0.717) is 21.4 Å². The van der Waals surface area contributed by atoms with Crippen LogP contribution in [0.25, 0.3) is 0 Å². The fourth-order valence-corrected chi connectivity index (χ4v) is 3.26. The van der Waals surface area contributed by atoms with Gasteiger partial charge in [0.05, 0.1) is 6.04 Å². The second-order valence-corrected chi connectivity index (χ2v) is 6.74. The molecule has 1 aliphatic heterocycles. The van der Waals surface area contributed by atoms with Crippen LogP contribution in [0.15, 0.2) is 23.2 Å². The van der Waals surface area contributed by atoms with Crippen LogP contribution in [0.3, 0.4) is 0 Å². The zero-order valence-corrected chi connectivity index (χ0v) is 14.8. The average Bonchev–Trinajstić information content (AvgIpc) is 2.74. The van der Waals surface area contributed by atoms with Gasteiger partial charge in [-0.1, -0.05) is 23.2 Å². The highest BCUT2D eigenvalue weighted by Gasteiger charge is 2.31. The maximum Gasteiger partial charge on any atom is 0.405 e. The third-order valence-corrected chi connectivity index (χ3v) is 3.95. The van der Waals surface area contributed by atoms with Gasteiger partial charge in [-0.2, -0.15) is 0 Å². The van der Waals surface area contributed by atoms with Crippen LogP contribution in [-0.4, -0.2) is 67.1 Å². The van der Waals surface area contributed by atoms with E-state index in [1.165, 1.54) is 0 Å². The molecule has 0 saturated heterocycles. The first-order valence-corrected chi connectivity index (χ1v) is 7.91. The van der Waals surface area contributed by atoms with E-state index >= 15 is 0 Å². The average molecular weight is 359 g/mol. The molecule has 0 bridgehead atoms. The van der Waals surface area contributed by atoms with Crippen LogP contribution in [0, 0.1) is 0 Å². The number of nitrogens with one attached hydrogen (secondary N) is 1. The van der Waals surface area contributed by atoms with Gasteiger partial charge in [-0.15, -0.1) is 0 Å². The fourth-order valence-electron chi connectivity index (χ4n) is 2.71. The van der Waals surface area contributed by atoms with E-state index in [1.807, 2.05) is 26.0 Å². The largest absolute Gasteiger partial charge is 0.465 e. The first kappa shape index (κ1) is 17.8. The normalized spacial score (nSPS) is 19.0. The van der Waals surface area contributed by atoms with Crippen molar-refractivity contribution >= 4 is 35.1 Å². The lowest BCUT2D eigenvalue weighted by Crippen LogP contribution is -2.39. The van der Waals surface area contributed by atoms with Gasteiger partial charge < -0.3 is 20.2 Å². The topological polar surface area (TPSA) is 68.2 Å². The van der Waals surface area contributed by atoms with Gasteiger partial charge in [0.2, 0.25) is 0 Å². The van der Waals surface area contributed by atoms with E-state index in [2.05, 4.69) is 15.2 Å². The highest BCUT2D eigenvalue weighted by molar-refractivity contribution is 6.34. The first-order chi connectivity index (χ1) is 10.8. The van der Waals surface area contributed by atoms with Crippen molar-refractivity contribution in [2.45, 2.75) is 12.1 Å². The Hall–Kier alpha value is -1.50. The van der Waals surface area contributed by atoms with Gasteiger partial charge in [0.1, 0.15) is 11.9 Å². The Labute approximate surface area is 145 Å². The van der Waals surface area contributed by atoms with Crippen molar-refractivity contribution in [2.24, 2.45) is 4.99 Å². The van der Waals surface area contributed by atoms with Crippen molar-refractivity contribution < 1.29 is 9.90 Å². The van der Waals surface area contributed by atoms with Gasteiger partial charge in [-0.3, -0.25) is 4.99 Å². The van der Waals surface area contributed by atoms with E-state index in [0.717, 1.165) is 13.1 Å². The zero-order chi connectivity index (χ0) is 17.1. The molecule has 0 spiro atoms. The number of likely N-dealkylation sites (N-methyl/N-ethyl adjacent to an activating group) is 2. The molecule has 2 atom stereocenters. The van der Waals surface area contributed by atoms with Crippen molar-refractivity contribution in [1.82, 2.24) is 15.1 Å². The van der Waals surface area contributed by atoms with Crippen LogP contribution in [0.2, 0.25) is 10.0 Å². The number of carboxylic acid groups (broad SMARTS) is 1. The zero-order valence-electron chi connectivity index (χ0n) is 13.3. The Morgan fingerprint density at radius 3 is 2.57 bits per heavy atom. The number of hydrogen-bond donors (Lipinski definition) is 2. The van der Waals surface area contributed by atoms with Gasteiger partial charge in [-0.05, 0) is 37.9 Å². The number of amidine groups is 1. The molecule has 1 aliphatic rings. The molecule has 0 fully saturated rings. The van der Waals surface area contributed by atoms with Crippen LogP contribution in [0.5, 0.6) is 0 Å². The first-order valence-electron chi connectivity index (χ1n) is 7.15. The van der Waals surface area contributed by atoms with E-state index in [4.69, 9.17) is 23.2 Å². The highest BCUT2D eigenvalue weighted by Crippen LogP contribution is 2.27. The summed E-state index contributed by atoms with van der Waals surface area (Å²) in [5, 5.41) is 12.6. The maximum absolute atomic E-state index is 11.2. The summed E-state index contributed by atoms with van der Waals surface area (Å²) >= 11 is 12.1. The van der Waals surface area contributed by atoms with Crippen molar-refractivity contribution in [2.75, 3.05) is 34.2 Å². The molecule has 8 heteroatoms. The van der Waals surface area contributed by atoms with Gasteiger partial charge in [-0.25, -0.2) is 4.79 Å². The third-order valence-electron chi connectivity index (χ3n) is 3.51. The smallest absolute Gasteiger partial charge is 0.405 e. The molecule has 126 valence electrons. The Bertz CT molecular complexity index is 601. The summed E-state index contributed by atoms with van der Waals surface area (Å²) < 4.78 is 0. The molecule has 2 unspecified atom stereocenters. The maximum atomic E-state index is 11.2. The van der Waals surface area contributed by atoms with Crippen LogP contribution in [0.1, 0.15) is 11.6 Å². The predicted molar refractivity (Wildman–Crippen MR) is 92.8 cm³/mol. The molecule has 1 heterocycles. The molecular weight excluding hydrogens is 339 g/mol. The molecule has 1 aromatic rings. The number of halogens is 2. The number of benzene rings is 1. The minimum atomic E-state index is -1.13. The summed E-state index contributed by atoms with van der Waals surface area (Å²) in [6.45, 7) is 1.53. The Kier molecular flexibility index (Phi) is 5.73. The predicted octanol–water partition coefficient (Wildman–Crippen LogP) is 2.58. The lowest BCUT2D eigenvalue weighted by molar-refractivity contribution is 0.192. The van der Waals surface area contributed by atoms with E-state index in [9.17, 15) is 9.90 Å². The van der Waals surface area contributed by atoms with Gasteiger partial charge in [0.25, 0.3) is 0 Å². The van der Waals surface area contributed by atoms with Crippen LogP contribution < -0.4 is 5.32 Å². The molecular formula is C15H20Cl2N4O2. The summed E-state index contributed by atoms with van der Waals surface area (Å²) in [7, 11) is 5.87. The Morgan fingerprint density at radius 2 is 2.04 bits per heavy atom. The molecule has 23 heavy (non-hydrogen) atoms. The quantitative estimate of drug-likeness (QED) is 0.848. The number of carbonyl (C=O) groups is 1. The molecule has 1 amide bonds. The Balaban J connectivity index is 2.36. The molecule has 0 aliphatic carbocycles. The lowest BCUT2D eigenvalue weighted by Gasteiger charge is -2.24. The molecule has 1 aromatic carbocycles. The third kappa shape index (κ3) is 4.73. The Morgan fingerprint density at radius 1 is 1.43 bits per heavy atom. The van der Waals surface area contributed by atoms with E-state index in [-0.39, 0.29) is 6.04 Å². The second-order valence-electron chi connectivity index (χ2n) is 5.87. The van der Waals surface area contributed by atoms with Gasteiger partial charge in [0, 0.05) is 30.2 Å². The molecule has 0 aromatic heterocycles. The van der Waals surface area contributed by atoms with Crippen LogP contribution in [0.4, 0.5) is 4.79 Å². The number of hydrogen-bond acceptors (Lipinski definition) is 4. The molecule has 6 nitrogen and oxygen atoms in total. The van der Waals surface area contributed by atoms with Crippen molar-refractivity contribution in [3.05, 3.63) is 33.8 Å². The molecule has 2 N–H and O–H groups in total. The summed E-state index contributed by atoms with van der Waals surface area (Å²) in [5.74, 6) is 0.664. The summed E-state index contributed by atoms with van der Waals surface area (Å²) in [5.41, 5.74) is 0.668. The lowest BCUT2D eigenvalue weighted by atomic mass is 10.1. The summed E-state index contributed by atoms with van der Waals surface area (Å²) in [6, 6.07) is 4.49. The number of rotatable bonds is 5. The highest BCUT2D eigenvalue weighted by atomic mass is 35.5. The number of nitrogens with zero attached hydrogens (tertiary/aromatic N) is 3. The summed E-state index contributed by atoms with van der Waals surface area (Å²) in [6.07, 6.45) is -1.13. The molecule has 2 rings (SSSR count). The van der Waals surface area contributed by atoms with Crippen LogP contribution in [-0.2, 0) is 0 Å². The monoisotopic (exact) mass is 358 g/mol. The number of amides is 1. The van der Waals surface area contributed by atoms with Crippen molar-refractivity contribution in [3.8, 4) is 0 Å². The minimum absolute atomic E-state index is 0.0951. The molecule has 0 radical (unpaired) electrons. The van der Waals surface area contributed by atoms with Crippen molar-refractivity contribution in [1.29, 1.82) is 0 Å².